The molecule has 0 saturated carbocycles. The van der Waals surface area contributed by atoms with Gasteiger partial charge in [-0.25, -0.2) is 0 Å². The molecule has 1 unspecified atom stereocenters. The SMILES string of the molecule is C[CH]=[Ti]([C]1=CC=CC1)([c]1ccccc1)[c]1c(C(C)C)ccc2c1Cc1cc(C(C)C)ccc1-2.Cl.Cl. The molecule has 3 aromatic rings. The summed E-state index contributed by atoms with van der Waals surface area (Å²) in [5, 5.41) is 0. The van der Waals surface area contributed by atoms with Gasteiger partial charge in [0.1, 0.15) is 0 Å². The summed E-state index contributed by atoms with van der Waals surface area (Å²) >= 11 is -2.96. The van der Waals surface area contributed by atoms with Crippen LogP contribution in [0.15, 0.2) is 82.8 Å². The molecule has 0 nitrogen and oxygen atoms in total. The van der Waals surface area contributed by atoms with Crippen LogP contribution in [0, 0.1) is 0 Å². The second-order valence-corrected chi connectivity index (χ2v) is 16.4. The van der Waals surface area contributed by atoms with Crippen LogP contribution in [0.4, 0.5) is 0 Å². The summed E-state index contributed by atoms with van der Waals surface area (Å²) in [5.74, 6) is 1.06. The number of hydrogen-bond donors (Lipinski definition) is 0. The molecule has 0 aliphatic heterocycles. The molecule has 0 aromatic heterocycles. The zero-order valence-electron chi connectivity index (χ0n) is 21.5. The molecule has 0 heterocycles. The van der Waals surface area contributed by atoms with Crippen LogP contribution in [0.25, 0.3) is 11.1 Å². The molecule has 183 valence electrons. The Balaban J connectivity index is 0.00000171. The van der Waals surface area contributed by atoms with Gasteiger partial charge in [0.2, 0.25) is 0 Å². The van der Waals surface area contributed by atoms with Crippen molar-refractivity contribution in [1.29, 1.82) is 0 Å². The molecule has 0 fully saturated rings. The Morgan fingerprint density at radius 3 is 2.14 bits per heavy atom. The quantitative estimate of drug-likeness (QED) is 0.224. The van der Waals surface area contributed by atoms with E-state index in [1.807, 2.05) is 0 Å². The van der Waals surface area contributed by atoms with Gasteiger partial charge in [0.05, 0.1) is 0 Å². The van der Waals surface area contributed by atoms with Crippen molar-refractivity contribution in [3.05, 3.63) is 105 Å². The average Bonchev–Trinajstić information content (AvgIpc) is 3.48. The van der Waals surface area contributed by atoms with Crippen LogP contribution in [0.5, 0.6) is 0 Å². The fraction of sp³-hybridized carbons (Fsp3) is 0.281. The molecule has 2 aliphatic carbocycles. The van der Waals surface area contributed by atoms with Gasteiger partial charge in [-0.3, -0.25) is 0 Å². The first-order valence-electron chi connectivity index (χ1n) is 12.5. The van der Waals surface area contributed by atoms with Crippen LogP contribution in [-0.2, 0) is 22.5 Å². The first-order valence-corrected chi connectivity index (χ1v) is 15.7. The molecular weight excluding hydrogens is 503 g/mol. The van der Waals surface area contributed by atoms with Crippen molar-refractivity contribution < 1.29 is 16.1 Å². The molecule has 0 spiro atoms. The maximum atomic E-state index is 2.65. The Kier molecular flexibility index (Phi) is 8.88. The Hall–Kier alpha value is -1.70. The first kappa shape index (κ1) is 27.9. The molecule has 0 radical (unpaired) electrons. The van der Waals surface area contributed by atoms with Crippen molar-refractivity contribution in [2.75, 3.05) is 0 Å². The maximum absolute atomic E-state index is 2.96. The smallest absolute Gasteiger partial charge is 0.147 e. The minimum atomic E-state index is -2.96. The molecule has 3 heteroatoms. The molecule has 35 heavy (non-hydrogen) atoms. The van der Waals surface area contributed by atoms with Gasteiger partial charge < -0.3 is 0 Å². The van der Waals surface area contributed by atoms with Crippen LogP contribution in [0.2, 0.25) is 0 Å². The molecule has 2 aliphatic rings. The standard InChI is InChI=1S/C19H21.C6H5.C5H5.C2H4.2ClH.Ti/c1-12(2)14-5-7-18-16(9-14)11-17-10-15(13(3)4)6-8-19(17)18;1-2-4-6-5-3-1;1-2-4-5-3-1;1-2;;;/h5-9,12-13H,11H2,1-4H3;1-5H;1-3H,4H2;1H,2H3;2*1H;. The number of benzene rings is 3. The van der Waals surface area contributed by atoms with Crippen molar-refractivity contribution in [1.82, 2.24) is 0 Å². The molecule has 3 aromatic carbocycles. The third kappa shape index (κ3) is 4.60. The third-order valence-electron chi connectivity index (χ3n) is 7.75. The van der Waals surface area contributed by atoms with Gasteiger partial charge in [-0.1, -0.05) is 0 Å². The molecular formula is C32H37Cl2Ti. The number of halogens is 2. The predicted octanol–water partition coefficient (Wildman–Crippen LogP) is 8.12. The Morgan fingerprint density at radius 1 is 0.829 bits per heavy atom. The Morgan fingerprint density at radius 2 is 1.54 bits per heavy atom. The number of fused-ring (bicyclic) bond motifs is 3. The van der Waals surface area contributed by atoms with Gasteiger partial charge in [0.25, 0.3) is 0 Å². The van der Waals surface area contributed by atoms with E-state index in [-0.39, 0.29) is 24.8 Å². The van der Waals surface area contributed by atoms with Crippen LogP contribution >= 0.6 is 24.8 Å². The Labute approximate surface area is 227 Å². The molecule has 0 bridgehead atoms. The minimum absolute atomic E-state index is 0. The van der Waals surface area contributed by atoms with E-state index in [9.17, 15) is 0 Å². The summed E-state index contributed by atoms with van der Waals surface area (Å²) in [6.07, 6.45) is 9.23. The van der Waals surface area contributed by atoms with E-state index in [4.69, 9.17) is 0 Å². The molecule has 0 saturated heterocycles. The van der Waals surface area contributed by atoms with Gasteiger partial charge in [-0.05, 0) is 0 Å². The average molecular weight is 540 g/mol. The van der Waals surface area contributed by atoms with E-state index in [2.05, 4.69) is 118 Å². The van der Waals surface area contributed by atoms with Crippen molar-refractivity contribution in [2.24, 2.45) is 0 Å². The predicted molar refractivity (Wildman–Crippen MR) is 157 cm³/mol. The van der Waals surface area contributed by atoms with E-state index in [0.717, 1.165) is 12.8 Å². The van der Waals surface area contributed by atoms with E-state index in [1.165, 1.54) is 22.3 Å². The second-order valence-electron chi connectivity index (χ2n) is 10.2. The Bertz CT molecular complexity index is 1330. The normalized spacial score (nSPS) is 15.1. The third-order valence-corrected chi connectivity index (χ3v) is 15.4. The van der Waals surface area contributed by atoms with E-state index < -0.39 is 16.1 Å². The summed E-state index contributed by atoms with van der Waals surface area (Å²) in [7, 11) is 0. The van der Waals surface area contributed by atoms with Gasteiger partial charge in [-0.2, -0.15) is 0 Å². The molecule has 0 N–H and O–H groups in total. The zero-order valence-corrected chi connectivity index (χ0v) is 24.7. The van der Waals surface area contributed by atoms with Crippen LogP contribution in [0.3, 0.4) is 0 Å². The van der Waals surface area contributed by atoms with Crippen LogP contribution in [0.1, 0.15) is 75.1 Å². The van der Waals surface area contributed by atoms with Gasteiger partial charge in [-0.15, -0.1) is 24.8 Å². The van der Waals surface area contributed by atoms with E-state index in [1.54, 1.807) is 22.7 Å². The van der Waals surface area contributed by atoms with Crippen molar-refractivity contribution >= 4 is 36.9 Å². The van der Waals surface area contributed by atoms with Gasteiger partial charge in [0, 0.05) is 0 Å². The summed E-state index contributed by atoms with van der Waals surface area (Å²) in [6, 6.07) is 23.5. The van der Waals surface area contributed by atoms with E-state index >= 15 is 0 Å². The van der Waals surface area contributed by atoms with E-state index in [0.29, 0.717) is 11.8 Å². The molecule has 1 atom stereocenters. The summed E-state index contributed by atoms with van der Waals surface area (Å²) in [6.45, 7) is 11.7. The minimum Gasteiger partial charge on any atom is -0.147 e. The van der Waals surface area contributed by atoms with Crippen LogP contribution in [-0.4, -0.2) is 4.31 Å². The summed E-state index contributed by atoms with van der Waals surface area (Å²) in [5.41, 5.74) is 9.04. The summed E-state index contributed by atoms with van der Waals surface area (Å²) in [4.78, 5) is 0. The largest absolute Gasteiger partial charge is 0.147 e. The van der Waals surface area contributed by atoms with Crippen molar-refractivity contribution in [3.63, 3.8) is 0 Å². The number of hydrogen-bond acceptors (Lipinski definition) is 0. The summed E-state index contributed by atoms with van der Waals surface area (Å²) < 4.78 is 7.58. The topological polar surface area (TPSA) is 0 Å². The maximum Gasteiger partial charge on any atom is -0.147 e. The molecule has 5 rings (SSSR count). The zero-order chi connectivity index (χ0) is 23.2. The molecule has 0 amide bonds. The second kappa shape index (κ2) is 11.1. The van der Waals surface area contributed by atoms with Gasteiger partial charge >= 0.3 is 204 Å². The number of allylic oxidation sites excluding steroid dienone is 4. The fourth-order valence-corrected chi connectivity index (χ4v) is 13.9. The monoisotopic (exact) mass is 539 g/mol. The first-order chi connectivity index (χ1) is 16.0. The van der Waals surface area contributed by atoms with Crippen molar-refractivity contribution in [3.8, 4) is 11.1 Å². The fourth-order valence-electron chi connectivity index (χ4n) is 6.05. The number of rotatable bonds is 5. The van der Waals surface area contributed by atoms with Gasteiger partial charge in [0.15, 0.2) is 0 Å². The van der Waals surface area contributed by atoms with Crippen LogP contribution < -0.4 is 7.74 Å². The van der Waals surface area contributed by atoms with Crippen molar-refractivity contribution in [2.45, 2.75) is 59.3 Å².